The van der Waals surface area contributed by atoms with Gasteiger partial charge in [-0.3, -0.25) is 9.59 Å². The summed E-state index contributed by atoms with van der Waals surface area (Å²) >= 11 is 0. The molecule has 3 rings (SSSR count). The molecule has 1 fully saturated rings. The number of hydrogen-bond acceptors (Lipinski definition) is 4. The predicted octanol–water partition coefficient (Wildman–Crippen LogP) is 2.79. The van der Waals surface area contributed by atoms with E-state index in [1.807, 2.05) is 0 Å². The number of ketones is 1. The fraction of sp³-hybridized carbons (Fsp3) is 0.263. The van der Waals surface area contributed by atoms with Crippen LogP contribution < -0.4 is 0 Å². The van der Waals surface area contributed by atoms with Crippen molar-refractivity contribution in [2.75, 3.05) is 13.1 Å². The average molecular weight is 374 g/mol. The average Bonchev–Trinajstić information content (AvgIpc) is 2.69. The van der Waals surface area contributed by atoms with Crippen LogP contribution in [0.1, 0.15) is 44.0 Å². The number of hydrogen-bond donors (Lipinski definition) is 1. The van der Waals surface area contributed by atoms with Crippen LogP contribution in [-0.2, 0) is 0 Å². The van der Waals surface area contributed by atoms with Crippen LogP contribution in [0.15, 0.2) is 36.5 Å². The molecule has 1 aliphatic heterocycles. The lowest BCUT2D eigenvalue weighted by atomic mass is 9.88. The Labute approximate surface area is 153 Å². The number of rotatable bonds is 4. The summed E-state index contributed by atoms with van der Waals surface area (Å²) in [6, 6.07) is 5.38. The molecule has 2 heterocycles. The van der Waals surface area contributed by atoms with Gasteiger partial charge in [0.1, 0.15) is 17.3 Å². The minimum Gasteiger partial charge on any atom is -0.477 e. The van der Waals surface area contributed by atoms with E-state index in [-0.39, 0.29) is 35.8 Å². The van der Waals surface area contributed by atoms with Gasteiger partial charge in [0.2, 0.25) is 0 Å². The number of nitrogens with zero attached hydrogens (tertiary/aromatic N) is 2. The van der Waals surface area contributed by atoms with Crippen LogP contribution >= 0.6 is 0 Å². The Hall–Kier alpha value is -3.16. The number of carboxylic acids is 1. The summed E-state index contributed by atoms with van der Waals surface area (Å²) in [7, 11) is 0. The number of piperidine rings is 1. The number of carbonyl (C=O) groups is 3. The molecule has 0 radical (unpaired) electrons. The normalized spacial score (nSPS) is 14.8. The van der Waals surface area contributed by atoms with Crippen molar-refractivity contribution in [3.05, 3.63) is 65.0 Å². The molecule has 1 aromatic carbocycles. The summed E-state index contributed by atoms with van der Waals surface area (Å²) in [5.74, 6) is -4.01. The Balaban J connectivity index is 1.67. The van der Waals surface area contributed by atoms with E-state index in [1.165, 1.54) is 23.2 Å². The van der Waals surface area contributed by atoms with Crippen molar-refractivity contribution in [2.24, 2.45) is 5.92 Å². The van der Waals surface area contributed by atoms with Gasteiger partial charge >= 0.3 is 5.97 Å². The summed E-state index contributed by atoms with van der Waals surface area (Å²) in [5, 5.41) is 8.97. The molecule has 27 heavy (non-hydrogen) atoms. The van der Waals surface area contributed by atoms with E-state index < -0.39 is 29.3 Å². The Bertz CT molecular complexity index is 908. The van der Waals surface area contributed by atoms with E-state index >= 15 is 0 Å². The van der Waals surface area contributed by atoms with Gasteiger partial charge in [0, 0.05) is 30.8 Å². The number of halogens is 2. The third kappa shape index (κ3) is 3.99. The number of pyridine rings is 1. The quantitative estimate of drug-likeness (QED) is 0.832. The lowest BCUT2D eigenvalue weighted by Gasteiger charge is -2.31. The molecule has 1 aromatic heterocycles. The van der Waals surface area contributed by atoms with Crippen molar-refractivity contribution in [2.45, 2.75) is 12.8 Å². The van der Waals surface area contributed by atoms with Crippen molar-refractivity contribution in [1.29, 1.82) is 0 Å². The van der Waals surface area contributed by atoms with E-state index in [4.69, 9.17) is 5.11 Å². The molecule has 2 aromatic rings. The molecular weight excluding hydrogens is 358 g/mol. The smallest absolute Gasteiger partial charge is 0.354 e. The van der Waals surface area contributed by atoms with E-state index in [1.54, 1.807) is 0 Å². The third-order valence-electron chi connectivity index (χ3n) is 4.57. The van der Waals surface area contributed by atoms with Gasteiger partial charge in [-0.1, -0.05) is 0 Å². The van der Waals surface area contributed by atoms with Crippen LogP contribution in [0.2, 0.25) is 0 Å². The molecule has 0 atom stereocenters. The first kappa shape index (κ1) is 18.6. The zero-order chi connectivity index (χ0) is 19.6. The molecule has 1 aliphatic rings. The topological polar surface area (TPSA) is 87.6 Å². The number of carbonyl (C=O) groups excluding carboxylic acids is 2. The second-order valence-electron chi connectivity index (χ2n) is 6.29. The first-order valence-electron chi connectivity index (χ1n) is 8.34. The van der Waals surface area contributed by atoms with Crippen molar-refractivity contribution < 1.29 is 28.3 Å². The molecule has 0 spiro atoms. The molecule has 0 bridgehead atoms. The van der Waals surface area contributed by atoms with Gasteiger partial charge in [-0.2, -0.15) is 0 Å². The van der Waals surface area contributed by atoms with Crippen molar-refractivity contribution in [1.82, 2.24) is 9.88 Å². The summed E-state index contributed by atoms with van der Waals surface area (Å²) in [4.78, 5) is 41.1. The molecule has 140 valence electrons. The van der Waals surface area contributed by atoms with Crippen LogP contribution in [0.3, 0.4) is 0 Å². The number of amides is 1. The summed E-state index contributed by atoms with van der Waals surface area (Å²) < 4.78 is 27.1. The molecule has 8 heteroatoms. The van der Waals surface area contributed by atoms with Crippen molar-refractivity contribution in [3.63, 3.8) is 0 Å². The third-order valence-corrected chi connectivity index (χ3v) is 4.57. The highest BCUT2D eigenvalue weighted by atomic mass is 19.1. The second-order valence-corrected chi connectivity index (χ2v) is 6.29. The van der Waals surface area contributed by atoms with E-state index in [9.17, 15) is 23.2 Å². The van der Waals surface area contributed by atoms with Gasteiger partial charge < -0.3 is 10.0 Å². The number of carboxylic acid groups (broad SMARTS) is 1. The SMILES string of the molecule is O=C(O)c1cc(C(=O)N2CCC(C(=O)c3cc(F)ccc3F)CC2)ccn1. The van der Waals surface area contributed by atoms with Crippen LogP contribution in [0.25, 0.3) is 0 Å². The highest BCUT2D eigenvalue weighted by molar-refractivity contribution is 5.99. The summed E-state index contributed by atoms with van der Waals surface area (Å²) in [5.41, 5.74) is -0.309. The van der Waals surface area contributed by atoms with Gasteiger partial charge in [0.15, 0.2) is 5.78 Å². The Morgan fingerprint density at radius 3 is 2.44 bits per heavy atom. The highest BCUT2D eigenvalue weighted by Crippen LogP contribution is 2.24. The molecule has 0 saturated carbocycles. The van der Waals surface area contributed by atoms with Crippen LogP contribution in [0.4, 0.5) is 8.78 Å². The van der Waals surface area contributed by atoms with Gasteiger partial charge in [0.25, 0.3) is 5.91 Å². The minimum absolute atomic E-state index is 0.198. The number of Topliss-reactive ketones (excluding diaryl/α,β-unsaturated/α-hetero) is 1. The number of benzene rings is 1. The highest BCUT2D eigenvalue weighted by Gasteiger charge is 2.30. The zero-order valence-corrected chi connectivity index (χ0v) is 14.2. The first-order chi connectivity index (χ1) is 12.9. The fourth-order valence-corrected chi connectivity index (χ4v) is 3.11. The Morgan fingerprint density at radius 2 is 1.78 bits per heavy atom. The maximum absolute atomic E-state index is 13.8. The Morgan fingerprint density at radius 1 is 1.07 bits per heavy atom. The van der Waals surface area contributed by atoms with E-state index in [2.05, 4.69) is 4.98 Å². The molecule has 1 N–H and O–H groups in total. The monoisotopic (exact) mass is 374 g/mol. The standard InChI is InChI=1S/C19H16F2N2O4/c20-13-1-2-15(21)14(10-13)17(24)11-4-7-23(8-5-11)18(25)12-3-6-22-16(9-12)19(26)27/h1-3,6,9-11H,4-5,7-8H2,(H,26,27). The van der Waals surface area contributed by atoms with Crippen molar-refractivity contribution in [3.8, 4) is 0 Å². The molecule has 1 saturated heterocycles. The fourth-order valence-electron chi connectivity index (χ4n) is 3.11. The lowest BCUT2D eigenvalue weighted by Crippen LogP contribution is -2.40. The molecule has 0 aliphatic carbocycles. The maximum atomic E-state index is 13.8. The van der Waals surface area contributed by atoms with Crippen LogP contribution in [0.5, 0.6) is 0 Å². The Kier molecular flexibility index (Phi) is 5.25. The maximum Gasteiger partial charge on any atom is 0.354 e. The molecular formula is C19H16F2N2O4. The summed E-state index contributed by atoms with van der Waals surface area (Å²) in [6.07, 6.45) is 1.88. The lowest BCUT2D eigenvalue weighted by molar-refractivity contribution is 0.0648. The van der Waals surface area contributed by atoms with Gasteiger partial charge in [-0.15, -0.1) is 0 Å². The predicted molar refractivity (Wildman–Crippen MR) is 90.5 cm³/mol. The first-order valence-corrected chi connectivity index (χ1v) is 8.34. The van der Waals surface area contributed by atoms with Crippen molar-refractivity contribution >= 4 is 17.7 Å². The number of aromatic nitrogens is 1. The minimum atomic E-state index is -1.23. The van der Waals surface area contributed by atoms with Crippen LogP contribution in [0, 0.1) is 17.6 Å². The number of likely N-dealkylation sites (tertiary alicyclic amines) is 1. The molecule has 6 nitrogen and oxygen atoms in total. The number of aromatic carboxylic acids is 1. The largest absolute Gasteiger partial charge is 0.477 e. The summed E-state index contributed by atoms with van der Waals surface area (Å²) in [6.45, 7) is 0.522. The van der Waals surface area contributed by atoms with E-state index in [0.717, 1.165) is 18.2 Å². The van der Waals surface area contributed by atoms with Crippen LogP contribution in [-0.4, -0.2) is 45.7 Å². The second kappa shape index (κ2) is 7.61. The van der Waals surface area contributed by atoms with Gasteiger partial charge in [-0.25, -0.2) is 18.6 Å². The molecule has 0 unspecified atom stereocenters. The van der Waals surface area contributed by atoms with Gasteiger partial charge in [0.05, 0.1) is 5.56 Å². The van der Waals surface area contributed by atoms with Gasteiger partial charge in [-0.05, 0) is 43.2 Å². The molecule has 1 amide bonds. The zero-order valence-electron chi connectivity index (χ0n) is 14.2. The van der Waals surface area contributed by atoms with E-state index in [0.29, 0.717) is 12.8 Å².